The molecule has 24 heavy (non-hydrogen) atoms. The van der Waals surface area contributed by atoms with Crippen molar-refractivity contribution >= 4 is 27.9 Å². The minimum atomic E-state index is -2.39. The summed E-state index contributed by atoms with van der Waals surface area (Å²) in [6, 6.07) is 10.7. The van der Waals surface area contributed by atoms with Crippen molar-refractivity contribution < 1.29 is 22.6 Å². The van der Waals surface area contributed by atoms with E-state index in [0.717, 1.165) is 0 Å². The van der Waals surface area contributed by atoms with Crippen molar-refractivity contribution in [2.45, 2.75) is 0 Å². The third-order valence-corrected chi connectivity index (χ3v) is 3.66. The summed E-state index contributed by atoms with van der Waals surface area (Å²) in [7, 11) is 1.38. The lowest BCUT2D eigenvalue weighted by Crippen LogP contribution is -2.01. The summed E-state index contributed by atoms with van der Waals surface area (Å²) >= 11 is -2.39. The number of pyridine rings is 1. The number of anilines is 1. The van der Waals surface area contributed by atoms with E-state index in [0.29, 0.717) is 28.1 Å². The minimum Gasteiger partial charge on any atom is -0.755 e. The molecule has 3 aromatic rings. The highest BCUT2D eigenvalue weighted by atomic mass is 32.2. The third-order valence-electron chi connectivity index (χ3n) is 3.26. The van der Waals surface area contributed by atoms with Crippen LogP contribution in [0.25, 0.3) is 10.9 Å². The Morgan fingerprint density at radius 2 is 1.92 bits per heavy atom. The minimum absolute atomic E-state index is 0.105. The maximum absolute atomic E-state index is 13.9. The molecule has 1 atom stereocenters. The first-order valence-corrected chi connectivity index (χ1v) is 7.90. The Labute approximate surface area is 139 Å². The molecule has 6 nitrogen and oxygen atoms in total. The Balaban J connectivity index is 1.92. The van der Waals surface area contributed by atoms with Gasteiger partial charge in [-0.2, -0.15) is 0 Å². The van der Waals surface area contributed by atoms with Crippen molar-refractivity contribution in [3.05, 3.63) is 54.5 Å². The zero-order valence-electron chi connectivity index (χ0n) is 12.5. The summed E-state index contributed by atoms with van der Waals surface area (Å²) in [4.78, 5) is 4.17. The van der Waals surface area contributed by atoms with Crippen LogP contribution in [0.1, 0.15) is 0 Å². The quantitative estimate of drug-likeness (QED) is 0.715. The van der Waals surface area contributed by atoms with Crippen molar-refractivity contribution in [1.29, 1.82) is 0 Å². The summed E-state index contributed by atoms with van der Waals surface area (Å²) in [5.74, 6) is 0.490. The molecule has 0 saturated heterocycles. The molecule has 1 heterocycles. The van der Waals surface area contributed by atoms with Crippen molar-refractivity contribution in [2.75, 3.05) is 11.8 Å². The zero-order chi connectivity index (χ0) is 17.1. The van der Waals surface area contributed by atoms with Crippen LogP contribution in [0.2, 0.25) is 0 Å². The average Bonchev–Trinajstić information content (AvgIpc) is 2.56. The van der Waals surface area contributed by atoms with Gasteiger partial charge in [-0.3, -0.25) is 9.19 Å². The summed E-state index contributed by atoms with van der Waals surface area (Å²) in [5.41, 5.74) is 0.942. The second-order valence-corrected chi connectivity index (χ2v) is 5.45. The van der Waals surface area contributed by atoms with Crippen molar-refractivity contribution in [3.63, 3.8) is 0 Å². The summed E-state index contributed by atoms with van der Waals surface area (Å²) in [6.45, 7) is 0. The second-order valence-electron chi connectivity index (χ2n) is 4.78. The lowest BCUT2D eigenvalue weighted by Gasteiger charge is -2.12. The molecule has 0 amide bonds. The van der Waals surface area contributed by atoms with Gasteiger partial charge >= 0.3 is 0 Å². The molecule has 3 rings (SSSR count). The fourth-order valence-corrected chi connectivity index (χ4v) is 2.51. The number of hydrogen-bond acceptors (Lipinski definition) is 5. The number of hydrogen-bond donors (Lipinski definition) is 1. The SMILES string of the molecule is COc1cc2nccc(Oc3ccc(NS(=O)[O-])cc3)c2cc1F. The number of nitrogens with one attached hydrogen (secondary N) is 1. The number of fused-ring (bicyclic) bond motifs is 1. The molecule has 0 radical (unpaired) electrons. The van der Waals surface area contributed by atoms with Crippen molar-refractivity contribution in [3.8, 4) is 17.2 Å². The van der Waals surface area contributed by atoms with E-state index in [9.17, 15) is 13.2 Å². The molecule has 0 aliphatic heterocycles. The standard InChI is InChI=1S/C16H13FN2O4S/c1-22-16-9-14-12(8-13(16)17)15(6-7-18-14)23-11-4-2-10(3-5-11)19-24(20)21/h2-9,19H,1H3,(H,20,21)/p-1. The van der Waals surface area contributed by atoms with E-state index in [1.807, 2.05) is 0 Å². The molecule has 0 saturated carbocycles. The van der Waals surface area contributed by atoms with Crippen LogP contribution in [-0.2, 0) is 11.3 Å². The molecular weight excluding hydrogens is 335 g/mol. The van der Waals surface area contributed by atoms with E-state index in [2.05, 4.69) is 9.71 Å². The van der Waals surface area contributed by atoms with Gasteiger partial charge in [0.25, 0.3) is 0 Å². The molecule has 2 aromatic carbocycles. The Morgan fingerprint density at radius 1 is 1.17 bits per heavy atom. The number of ether oxygens (including phenoxy) is 2. The second kappa shape index (κ2) is 6.81. The van der Waals surface area contributed by atoms with Gasteiger partial charge in [0.1, 0.15) is 11.5 Å². The van der Waals surface area contributed by atoms with E-state index in [1.165, 1.54) is 19.2 Å². The van der Waals surface area contributed by atoms with Crippen LogP contribution in [0.5, 0.6) is 17.2 Å². The van der Waals surface area contributed by atoms with E-state index < -0.39 is 17.1 Å². The predicted molar refractivity (Wildman–Crippen MR) is 87.3 cm³/mol. The fourth-order valence-electron chi connectivity index (χ4n) is 2.18. The zero-order valence-corrected chi connectivity index (χ0v) is 13.3. The van der Waals surface area contributed by atoms with E-state index in [4.69, 9.17) is 9.47 Å². The molecule has 1 aromatic heterocycles. The average molecular weight is 347 g/mol. The van der Waals surface area contributed by atoms with Crippen molar-refractivity contribution in [1.82, 2.24) is 4.98 Å². The Hall–Kier alpha value is -2.71. The van der Waals surface area contributed by atoms with Gasteiger partial charge in [0.15, 0.2) is 11.6 Å². The first kappa shape index (κ1) is 16.2. The van der Waals surface area contributed by atoms with Gasteiger partial charge in [-0.1, -0.05) is 0 Å². The van der Waals surface area contributed by atoms with Gasteiger partial charge in [-0.25, -0.2) is 4.39 Å². The maximum atomic E-state index is 13.9. The smallest absolute Gasteiger partial charge is 0.165 e. The normalized spacial score (nSPS) is 12.0. The van der Waals surface area contributed by atoms with E-state index in [-0.39, 0.29) is 5.75 Å². The lowest BCUT2D eigenvalue weighted by molar-refractivity contribution is 0.387. The van der Waals surface area contributed by atoms with Crippen LogP contribution in [0.3, 0.4) is 0 Å². The number of rotatable bonds is 5. The number of nitrogens with zero attached hydrogens (tertiary/aromatic N) is 1. The largest absolute Gasteiger partial charge is 0.755 e. The highest BCUT2D eigenvalue weighted by molar-refractivity contribution is 7.80. The molecule has 124 valence electrons. The molecule has 1 unspecified atom stereocenters. The Bertz CT molecular complexity index is 902. The van der Waals surface area contributed by atoms with Gasteiger partial charge in [0.2, 0.25) is 0 Å². The van der Waals surface area contributed by atoms with E-state index in [1.54, 1.807) is 36.5 Å². The topological polar surface area (TPSA) is 83.5 Å². The van der Waals surface area contributed by atoms with Crippen LogP contribution in [0.15, 0.2) is 48.7 Å². The number of aromatic nitrogens is 1. The monoisotopic (exact) mass is 347 g/mol. The van der Waals surface area contributed by atoms with Gasteiger partial charge in [-0.05, 0) is 36.4 Å². The van der Waals surface area contributed by atoms with Crippen LogP contribution in [-0.4, -0.2) is 20.9 Å². The summed E-state index contributed by atoms with van der Waals surface area (Å²) < 4.78 is 48.0. The molecule has 0 bridgehead atoms. The molecule has 0 aliphatic carbocycles. The van der Waals surface area contributed by atoms with E-state index >= 15 is 0 Å². The van der Waals surface area contributed by atoms with Gasteiger partial charge in [0.05, 0.1) is 12.6 Å². The van der Waals surface area contributed by atoms with Crippen LogP contribution >= 0.6 is 0 Å². The number of benzene rings is 2. The third kappa shape index (κ3) is 3.44. The van der Waals surface area contributed by atoms with Crippen molar-refractivity contribution in [2.24, 2.45) is 0 Å². The lowest BCUT2D eigenvalue weighted by atomic mass is 10.2. The Kier molecular flexibility index (Phi) is 4.59. The van der Waals surface area contributed by atoms with Gasteiger partial charge < -0.3 is 18.7 Å². The fraction of sp³-hybridized carbons (Fsp3) is 0.0625. The summed E-state index contributed by atoms with van der Waals surface area (Å²) in [6.07, 6.45) is 1.55. The van der Waals surface area contributed by atoms with Crippen LogP contribution < -0.4 is 14.2 Å². The molecule has 8 heteroatoms. The molecule has 1 N–H and O–H groups in total. The highest BCUT2D eigenvalue weighted by Gasteiger charge is 2.10. The molecular formula is C16H12FN2O4S-. The highest BCUT2D eigenvalue weighted by Crippen LogP contribution is 2.32. The summed E-state index contributed by atoms with van der Waals surface area (Å²) in [5, 5.41) is 0.499. The van der Waals surface area contributed by atoms with Crippen LogP contribution in [0, 0.1) is 5.82 Å². The first-order chi connectivity index (χ1) is 11.6. The number of methoxy groups -OCH3 is 1. The Morgan fingerprint density at radius 3 is 2.58 bits per heavy atom. The van der Waals surface area contributed by atoms with Crippen LogP contribution in [0.4, 0.5) is 10.1 Å². The molecule has 0 aliphatic rings. The molecule has 0 fully saturated rings. The van der Waals surface area contributed by atoms with Gasteiger partial charge in [0, 0.05) is 34.6 Å². The molecule has 0 spiro atoms. The van der Waals surface area contributed by atoms with Gasteiger partial charge in [-0.15, -0.1) is 0 Å². The predicted octanol–water partition coefficient (Wildman–Crippen LogP) is 3.38. The maximum Gasteiger partial charge on any atom is 0.165 e. The first-order valence-electron chi connectivity index (χ1n) is 6.83. The number of halogens is 1.